The van der Waals surface area contributed by atoms with Gasteiger partial charge in [-0.3, -0.25) is 14.5 Å². The highest BCUT2D eigenvalue weighted by Crippen LogP contribution is 2.42. The van der Waals surface area contributed by atoms with Gasteiger partial charge in [-0.25, -0.2) is 0 Å². The number of fused-ring (bicyclic) bond motifs is 2. The summed E-state index contributed by atoms with van der Waals surface area (Å²) in [6, 6.07) is 10.6. The van der Waals surface area contributed by atoms with E-state index in [0.717, 1.165) is 46.7 Å². The summed E-state index contributed by atoms with van der Waals surface area (Å²) in [5.41, 5.74) is 3.32. The summed E-state index contributed by atoms with van der Waals surface area (Å²) < 4.78 is 12.0. The van der Waals surface area contributed by atoms with Crippen LogP contribution < -0.4 is 15.1 Å². The average Bonchev–Trinajstić information content (AvgIpc) is 3.43. The third-order valence-corrected chi connectivity index (χ3v) is 7.64. The van der Waals surface area contributed by atoms with Crippen molar-refractivity contribution in [3.63, 3.8) is 0 Å². The third kappa shape index (κ3) is 4.66. The number of aromatic nitrogens is 2. The van der Waals surface area contributed by atoms with E-state index in [2.05, 4.69) is 31.0 Å². The normalized spacial score (nSPS) is 15.1. The Morgan fingerprint density at radius 3 is 2.51 bits per heavy atom. The van der Waals surface area contributed by atoms with Crippen LogP contribution in [0.15, 0.2) is 45.6 Å². The minimum absolute atomic E-state index is 0.0645. The van der Waals surface area contributed by atoms with E-state index in [-0.39, 0.29) is 17.1 Å². The molecule has 8 heteroatoms. The van der Waals surface area contributed by atoms with Gasteiger partial charge < -0.3 is 9.15 Å². The van der Waals surface area contributed by atoms with Gasteiger partial charge in [0.2, 0.25) is 10.9 Å². The van der Waals surface area contributed by atoms with Crippen molar-refractivity contribution < 1.29 is 13.9 Å². The van der Waals surface area contributed by atoms with Gasteiger partial charge in [-0.15, -0.1) is 10.2 Å². The molecule has 7 nitrogen and oxygen atoms in total. The SMILES string of the molecule is CCCCOc1ccc(C2c3c(oc4cc(C)c(C)cc4c3=O)C(=O)N2c2nnc(CC(C)C)s2)cc1. The number of ether oxygens (including phenoxy) is 1. The Labute approximate surface area is 220 Å². The summed E-state index contributed by atoms with van der Waals surface area (Å²) in [6.07, 6.45) is 2.79. The molecule has 0 bridgehead atoms. The van der Waals surface area contributed by atoms with Gasteiger partial charge in [0.1, 0.15) is 16.3 Å². The van der Waals surface area contributed by atoms with Crippen LogP contribution in [0, 0.1) is 19.8 Å². The van der Waals surface area contributed by atoms with Gasteiger partial charge in [0.05, 0.1) is 23.6 Å². The highest BCUT2D eigenvalue weighted by atomic mass is 32.1. The molecule has 2 aromatic carbocycles. The number of carbonyl (C=O) groups is 1. The van der Waals surface area contributed by atoms with Crippen molar-refractivity contribution in [2.45, 2.75) is 59.9 Å². The predicted molar refractivity (Wildman–Crippen MR) is 146 cm³/mol. The average molecular weight is 518 g/mol. The highest BCUT2D eigenvalue weighted by Gasteiger charge is 2.45. The number of benzene rings is 2. The lowest BCUT2D eigenvalue weighted by atomic mass is 9.97. The highest BCUT2D eigenvalue weighted by molar-refractivity contribution is 7.15. The molecule has 2 aromatic heterocycles. The molecule has 1 aliphatic rings. The van der Waals surface area contributed by atoms with Gasteiger partial charge in [0.15, 0.2) is 5.43 Å². The number of amides is 1. The molecule has 0 N–H and O–H groups in total. The summed E-state index contributed by atoms with van der Waals surface area (Å²) in [4.78, 5) is 29.3. The molecular weight excluding hydrogens is 486 g/mol. The van der Waals surface area contributed by atoms with Crippen LogP contribution in [0.5, 0.6) is 5.75 Å². The summed E-state index contributed by atoms with van der Waals surface area (Å²) >= 11 is 1.38. The number of unbranched alkanes of at least 4 members (excludes halogenated alkanes) is 1. The molecule has 1 unspecified atom stereocenters. The third-order valence-electron chi connectivity index (χ3n) is 6.69. The quantitative estimate of drug-likeness (QED) is 0.252. The lowest BCUT2D eigenvalue weighted by Gasteiger charge is -2.22. The van der Waals surface area contributed by atoms with Crippen LogP contribution >= 0.6 is 11.3 Å². The van der Waals surface area contributed by atoms with E-state index in [4.69, 9.17) is 9.15 Å². The molecule has 1 amide bonds. The standard InChI is InChI=1S/C29H31N3O4S/c1-6-7-12-35-20-10-8-19(9-11-20)25-24-26(33)21-14-17(4)18(5)15-22(21)36-27(24)28(34)32(25)29-31-30-23(37-29)13-16(2)3/h8-11,14-16,25H,6-7,12-13H2,1-5H3. The van der Waals surface area contributed by atoms with Crippen LogP contribution in [0.25, 0.3) is 11.0 Å². The molecule has 5 rings (SSSR count). The molecule has 192 valence electrons. The molecule has 0 aliphatic carbocycles. The second kappa shape index (κ2) is 10.1. The second-order valence-electron chi connectivity index (χ2n) is 10.0. The first kappa shape index (κ1) is 25.1. The molecule has 0 fully saturated rings. The Hall–Kier alpha value is -3.52. The van der Waals surface area contributed by atoms with Gasteiger partial charge in [0.25, 0.3) is 5.91 Å². The fraction of sp³-hybridized carbons (Fsp3) is 0.379. The molecule has 3 heterocycles. The lowest BCUT2D eigenvalue weighted by Crippen LogP contribution is -2.29. The molecule has 0 radical (unpaired) electrons. The van der Waals surface area contributed by atoms with Crippen molar-refractivity contribution >= 4 is 33.3 Å². The molecule has 0 spiro atoms. The fourth-order valence-electron chi connectivity index (χ4n) is 4.60. The summed E-state index contributed by atoms with van der Waals surface area (Å²) in [6.45, 7) is 10.9. The zero-order valence-electron chi connectivity index (χ0n) is 21.8. The van der Waals surface area contributed by atoms with Crippen molar-refractivity contribution in [1.29, 1.82) is 0 Å². The Morgan fingerprint density at radius 2 is 1.81 bits per heavy atom. The Bertz CT molecular complexity index is 1520. The van der Waals surface area contributed by atoms with Gasteiger partial charge in [-0.2, -0.15) is 0 Å². The fourth-order valence-corrected chi connectivity index (χ4v) is 5.67. The van der Waals surface area contributed by atoms with Crippen molar-refractivity contribution in [3.05, 3.63) is 79.6 Å². The van der Waals surface area contributed by atoms with E-state index in [1.807, 2.05) is 50.2 Å². The molecule has 1 atom stereocenters. The molecular formula is C29H31N3O4S. The number of anilines is 1. The lowest BCUT2D eigenvalue weighted by molar-refractivity contribution is 0.0970. The van der Waals surface area contributed by atoms with Crippen LogP contribution in [0.4, 0.5) is 5.13 Å². The van der Waals surface area contributed by atoms with Crippen LogP contribution in [-0.2, 0) is 6.42 Å². The number of carbonyl (C=O) groups excluding carboxylic acids is 1. The van der Waals surface area contributed by atoms with Gasteiger partial charge in [0, 0.05) is 6.42 Å². The maximum atomic E-state index is 13.9. The number of hydrogen-bond donors (Lipinski definition) is 0. The Morgan fingerprint density at radius 1 is 1.08 bits per heavy atom. The maximum absolute atomic E-state index is 13.9. The van der Waals surface area contributed by atoms with Crippen molar-refractivity contribution in [2.24, 2.45) is 5.92 Å². The number of nitrogens with zero attached hydrogens (tertiary/aromatic N) is 3. The zero-order chi connectivity index (χ0) is 26.3. The number of hydrogen-bond acceptors (Lipinski definition) is 7. The molecule has 37 heavy (non-hydrogen) atoms. The van der Waals surface area contributed by atoms with E-state index in [0.29, 0.717) is 34.2 Å². The largest absolute Gasteiger partial charge is 0.494 e. The molecule has 0 saturated carbocycles. The first-order chi connectivity index (χ1) is 17.8. The minimum atomic E-state index is -0.672. The molecule has 4 aromatic rings. The monoisotopic (exact) mass is 517 g/mol. The van der Waals surface area contributed by atoms with E-state index in [1.54, 1.807) is 4.90 Å². The number of aryl methyl sites for hydroxylation is 2. The van der Waals surface area contributed by atoms with Gasteiger partial charge >= 0.3 is 0 Å². The van der Waals surface area contributed by atoms with E-state index in [1.165, 1.54) is 11.3 Å². The summed E-state index contributed by atoms with van der Waals surface area (Å²) in [5.74, 6) is 0.839. The van der Waals surface area contributed by atoms with Crippen molar-refractivity contribution in [3.8, 4) is 5.75 Å². The zero-order valence-corrected chi connectivity index (χ0v) is 22.6. The van der Waals surface area contributed by atoms with Crippen LogP contribution in [0.1, 0.15) is 77.5 Å². The first-order valence-electron chi connectivity index (χ1n) is 12.7. The topological polar surface area (TPSA) is 85.5 Å². The summed E-state index contributed by atoms with van der Waals surface area (Å²) in [5, 5.41) is 10.5. The number of rotatable bonds is 8. The smallest absolute Gasteiger partial charge is 0.297 e. The Balaban J connectivity index is 1.65. The first-order valence-corrected chi connectivity index (χ1v) is 13.6. The minimum Gasteiger partial charge on any atom is -0.494 e. The summed E-state index contributed by atoms with van der Waals surface area (Å²) in [7, 11) is 0. The van der Waals surface area contributed by atoms with Crippen LogP contribution in [-0.4, -0.2) is 22.7 Å². The van der Waals surface area contributed by atoms with Crippen molar-refractivity contribution in [2.75, 3.05) is 11.5 Å². The van der Waals surface area contributed by atoms with Crippen LogP contribution in [0.3, 0.4) is 0 Å². The second-order valence-corrected chi connectivity index (χ2v) is 11.1. The molecule has 1 aliphatic heterocycles. The van der Waals surface area contributed by atoms with E-state index in [9.17, 15) is 9.59 Å². The predicted octanol–water partition coefficient (Wildman–Crippen LogP) is 6.39. The van der Waals surface area contributed by atoms with E-state index < -0.39 is 6.04 Å². The van der Waals surface area contributed by atoms with Crippen molar-refractivity contribution in [1.82, 2.24) is 10.2 Å². The van der Waals surface area contributed by atoms with Gasteiger partial charge in [-0.05, 0) is 67.1 Å². The van der Waals surface area contributed by atoms with Crippen LogP contribution in [0.2, 0.25) is 0 Å². The molecule has 0 saturated heterocycles. The maximum Gasteiger partial charge on any atom is 0.297 e. The van der Waals surface area contributed by atoms with E-state index >= 15 is 0 Å². The van der Waals surface area contributed by atoms with Gasteiger partial charge in [-0.1, -0.05) is 50.7 Å². The Kier molecular flexibility index (Phi) is 6.86.